The standard InChI is InChI=1S/C29H33N3O3/c1-35-27-17-9-21(10-18-27)19-28(33)31-25-13-7-22(8-14-25)20-32(26-15-11-24(30)12-16-26)29(34)23-5-3-2-4-6-23/h2-10,13-14,17-18,24,26H,11-12,15-16,19-20,30H2,1H3,(H,31,33). The average molecular weight is 472 g/mol. The number of carbonyl (C=O) groups is 2. The van der Waals surface area contributed by atoms with Crippen LogP contribution < -0.4 is 15.8 Å². The Kier molecular flexibility index (Phi) is 8.16. The van der Waals surface area contributed by atoms with Crippen LogP contribution >= 0.6 is 0 Å². The van der Waals surface area contributed by atoms with Gasteiger partial charge in [0.25, 0.3) is 5.91 Å². The number of methoxy groups -OCH3 is 1. The van der Waals surface area contributed by atoms with Crippen molar-refractivity contribution in [3.8, 4) is 5.75 Å². The topological polar surface area (TPSA) is 84.7 Å². The summed E-state index contributed by atoms with van der Waals surface area (Å²) in [5.74, 6) is 0.728. The normalized spacial score (nSPS) is 17.4. The highest BCUT2D eigenvalue weighted by Gasteiger charge is 2.28. The fraction of sp³-hybridized carbons (Fsp3) is 0.310. The lowest BCUT2D eigenvalue weighted by atomic mass is 9.90. The monoisotopic (exact) mass is 471 g/mol. The van der Waals surface area contributed by atoms with Crippen LogP contribution in [0.25, 0.3) is 0 Å². The smallest absolute Gasteiger partial charge is 0.254 e. The molecule has 0 saturated heterocycles. The third-order valence-corrected chi connectivity index (χ3v) is 6.58. The molecule has 6 nitrogen and oxygen atoms in total. The van der Waals surface area contributed by atoms with Crippen molar-refractivity contribution in [2.45, 2.75) is 50.7 Å². The lowest BCUT2D eigenvalue weighted by Crippen LogP contribution is -2.43. The molecule has 0 atom stereocenters. The van der Waals surface area contributed by atoms with Crippen LogP contribution in [0.4, 0.5) is 5.69 Å². The van der Waals surface area contributed by atoms with E-state index in [2.05, 4.69) is 5.32 Å². The Morgan fingerprint density at radius 3 is 2.14 bits per heavy atom. The van der Waals surface area contributed by atoms with Crippen LogP contribution in [-0.4, -0.2) is 35.9 Å². The van der Waals surface area contributed by atoms with Crippen molar-refractivity contribution in [2.75, 3.05) is 12.4 Å². The van der Waals surface area contributed by atoms with Crippen molar-refractivity contribution >= 4 is 17.5 Å². The average Bonchev–Trinajstić information content (AvgIpc) is 2.89. The molecule has 3 aromatic rings. The fourth-order valence-electron chi connectivity index (χ4n) is 4.55. The summed E-state index contributed by atoms with van der Waals surface area (Å²) < 4.78 is 5.16. The van der Waals surface area contributed by atoms with Gasteiger partial charge in [-0.25, -0.2) is 0 Å². The number of benzene rings is 3. The fourth-order valence-corrected chi connectivity index (χ4v) is 4.55. The van der Waals surface area contributed by atoms with Gasteiger partial charge < -0.3 is 20.7 Å². The van der Waals surface area contributed by atoms with E-state index >= 15 is 0 Å². The quantitative estimate of drug-likeness (QED) is 0.495. The van der Waals surface area contributed by atoms with Crippen molar-refractivity contribution < 1.29 is 14.3 Å². The van der Waals surface area contributed by atoms with Gasteiger partial charge in [0.05, 0.1) is 13.5 Å². The van der Waals surface area contributed by atoms with E-state index in [4.69, 9.17) is 10.5 Å². The number of hydrogen-bond donors (Lipinski definition) is 2. The van der Waals surface area contributed by atoms with E-state index in [0.717, 1.165) is 48.2 Å². The van der Waals surface area contributed by atoms with Gasteiger partial charge in [-0.15, -0.1) is 0 Å². The second-order valence-corrected chi connectivity index (χ2v) is 9.14. The molecule has 0 heterocycles. The summed E-state index contributed by atoms with van der Waals surface area (Å²) in [6.45, 7) is 0.522. The molecule has 1 saturated carbocycles. The first-order valence-corrected chi connectivity index (χ1v) is 12.1. The molecule has 6 heteroatoms. The number of carbonyl (C=O) groups excluding carboxylic acids is 2. The Labute approximate surface area is 207 Å². The largest absolute Gasteiger partial charge is 0.497 e. The van der Waals surface area contributed by atoms with Gasteiger partial charge >= 0.3 is 0 Å². The highest BCUT2D eigenvalue weighted by molar-refractivity contribution is 5.94. The second-order valence-electron chi connectivity index (χ2n) is 9.14. The zero-order chi connectivity index (χ0) is 24.6. The summed E-state index contributed by atoms with van der Waals surface area (Å²) in [6, 6.07) is 25.0. The van der Waals surface area contributed by atoms with Crippen LogP contribution in [0, 0.1) is 0 Å². The van der Waals surface area contributed by atoms with Gasteiger partial charge in [-0.3, -0.25) is 9.59 Å². The van der Waals surface area contributed by atoms with Crippen molar-refractivity contribution in [3.63, 3.8) is 0 Å². The Hall–Kier alpha value is -3.64. The number of nitrogens with two attached hydrogens (primary N) is 1. The highest BCUT2D eigenvalue weighted by Crippen LogP contribution is 2.26. The number of hydrogen-bond acceptors (Lipinski definition) is 4. The van der Waals surface area contributed by atoms with Crippen molar-refractivity contribution in [3.05, 3.63) is 95.6 Å². The van der Waals surface area contributed by atoms with E-state index in [0.29, 0.717) is 12.1 Å². The van der Waals surface area contributed by atoms with Crippen LogP contribution in [0.2, 0.25) is 0 Å². The SMILES string of the molecule is COc1ccc(CC(=O)Nc2ccc(CN(C(=O)c3ccccc3)C3CCC(N)CC3)cc2)cc1. The summed E-state index contributed by atoms with van der Waals surface area (Å²) in [4.78, 5) is 27.8. The molecule has 0 aliphatic heterocycles. The minimum Gasteiger partial charge on any atom is -0.497 e. The third kappa shape index (κ3) is 6.70. The summed E-state index contributed by atoms with van der Waals surface area (Å²) in [6.07, 6.45) is 3.98. The maximum Gasteiger partial charge on any atom is 0.254 e. The first-order valence-electron chi connectivity index (χ1n) is 12.1. The third-order valence-electron chi connectivity index (χ3n) is 6.58. The van der Waals surface area contributed by atoms with E-state index in [1.165, 1.54) is 0 Å². The molecule has 0 aromatic heterocycles. The van der Waals surface area contributed by atoms with Gasteiger partial charge in [0.15, 0.2) is 0 Å². The number of nitrogens with one attached hydrogen (secondary N) is 1. The highest BCUT2D eigenvalue weighted by atomic mass is 16.5. The van der Waals surface area contributed by atoms with E-state index in [1.807, 2.05) is 83.8 Å². The number of amides is 2. The molecule has 1 aliphatic carbocycles. The molecule has 3 N–H and O–H groups in total. The van der Waals surface area contributed by atoms with Crippen LogP contribution in [0.5, 0.6) is 5.75 Å². The van der Waals surface area contributed by atoms with E-state index in [9.17, 15) is 9.59 Å². The first-order chi connectivity index (χ1) is 17.0. The molecule has 1 fully saturated rings. The number of nitrogens with zero attached hydrogens (tertiary/aromatic N) is 1. The Morgan fingerprint density at radius 1 is 0.886 bits per heavy atom. The summed E-state index contributed by atoms with van der Waals surface area (Å²) in [5, 5.41) is 2.95. The van der Waals surface area contributed by atoms with Crippen LogP contribution in [-0.2, 0) is 17.8 Å². The molecule has 4 rings (SSSR count). The Bertz CT molecular complexity index is 1110. The molecule has 3 aromatic carbocycles. The second kappa shape index (κ2) is 11.7. The zero-order valence-corrected chi connectivity index (χ0v) is 20.2. The maximum atomic E-state index is 13.4. The summed E-state index contributed by atoms with van der Waals surface area (Å²) >= 11 is 0. The van der Waals surface area contributed by atoms with Crippen LogP contribution in [0.15, 0.2) is 78.9 Å². The molecular weight excluding hydrogens is 438 g/mol. The van der Waals surface area contributed by atoms with E-state index in [-0.39, 0.29) is 30.3 Å². The van der Waals surface area contributed by atoms with Gasteiger partial charge in [-0.1, -0.05) is 42.5 Å². The van der Waals surface area contributed by atoms with Gasteiger partial charge in [-0.05, 0) is 73.2 Å². The lowest BCUT2D eigenvalue weighted by Gasteiger charge is -2.36. The molecule has 0 spiro atoms. The molecule has 0 bridgehead atoms. The van der Waals surface area contributed by atoms with Crippen molar-refractivity contribution in [2.24, 2.45) is 5.73 Å². The van der Waals surface area contributed by atoms with Crippen molar-refractivity contribution in [1.29, 1.82) is 0 Å². The zero-order valence-electron chi connectivity index (χ0n) is 20.2. The predicted molar refractivity (Wildman–Crippen MR) is 138 cm³/mol. The van der Waals surface area contributed by atoms with Crippen molar-refractivity contribution in [1.82, 2.24) is 4.90 Å². The summed E-state index contributed by atoms with van der Waals surface area (Å²) in [5.41, 5.74) is 9.49. The van der Waals surface area contributed by atoms with Gasteiger partial charge in [0.2, 0.25) is 5.91 Å². The Morgan fingerprint density at radius 2 is 1.51 bits per heavy atom. The molecule has 0 unspecified atom stereocenters. The number of anilines is 1. The van der Waals surface area contributed by atoms with Gasteiger partial charge in [0, 0.05) is 29.9 Å². The predicted octanol–water partition coefficient (Wildman–Crippen LogP) is 4.79. The minimum absolute atomic E-state index is 0.0444. The number of ether oxygens (including phenoxy) is 1. The van der Waals surface area contributed by atoms with E-state index in [1.54, 1.807) is 7.11 Å². The molecular formula is C29H33N3O3. The van der Waals surface area contributed by atoms with Crippen LogP contribution in [0.3, 0.4) is 0 Å². The first kappa shape index (κ1) is 24.5. The molecule has 1 aliphatic rings. The maximum absolute atomic E-state index is 13.4. The number of rotatable bonds is 8. The van der Waals surface area contributed by atoms with Gasteiger partial charge in [0.1, 0.15) is 5.75 Å². The molecule has 182 valence electrons. The lowest BCUT2D eigenvalue weighted by molar-refractivity contribution is -0.115. The molecule has 35 heavy (non-hydrogen) atoms. The summed E-state index contributed by atoms with van der Waals surface area (Å²) in [7, 11) is 1.62. The van der Waals surface area contributed by atoms with Gasteiger partial charge in [-0.2, -0.15) is 0 Å². The minimum atomic E-state index is -0.0812. The van der Waals surface area contributed by atoms with Crippen LogP contribution in [0.1, 0.15) is 47.2 Å². The molecule has 2 amide bonds. The molecule has 0 radical (unpaired) electrons. The Balaban J connectivity index is 1.41. The van der Waals surface area contributed by atoms with E-state index < -0.39 is 0 Å².